The standard InChI is InChI=1S/C31H40O/c1-6-7-8-9-16-21-26-28(32)23-22-27(30(2,3)24-17-12-10-13-18-24)29(26)31(4,5)25-19-14-11-15-20-25/h10-15,17-20,22-23,32H,6-9,16,21H2,1-5H3. The zero-order chi connectivity index (χ0) is 23.2. The van der Waals surface area contributed by atoms with Crippen LogP contribution in [0.15, 0.2) is 72.8 Å². The smallest absolute Gasteiger partial charge is 0.119 e. The lowest BCUT2D eigenvalue weighted by Gasteiger charge is -2.37. The van der Waals surface area contributed by atoms with Crippen molar-refractivity contribution >= 4 is 0 Å². The Balaban J connectivity index is 2.16. The quantitative estimate of drug-likeness (QED) is 0.321. The van der Waals surface area contributed by atoms with Crippen molar-refractivity contribution in [2.75, 3.05) is 0 Å². The fraction of sp³-hybridized carbons (Fsp3) is 0.419. The van der Waals surface area contributed by atoms with Crippen LogP contribution in [0.25, 0.3) is 0 Å². The number of phenols is 1. The minimum absolute atomic E-state index is 0.173. The van der Waals surface area contributed by atoms with Crippen LogP contribution >= 0.6 is 0 Å². The fourth-order valence-electron chi connectivity index (χ4n) is 5.04. The van der Waals surface area contributed by atoms with Gasteiger partial charge >= 0.3 is 0 Å². The van der Waals surface area contributed by atoms with Crippen molar-refractivity contribution in [1.82, 2.24) is 0 Å². The van der Waals surface area contributed by atoms with Crippen molar-refractivity contribution in [1.29, 1.82) is 0 Å². The zero-order valence-electron chi connectivity index (χ0n) is 20.6. The number of aromatic hydroxyl groups is 1. The molecule has 0 aromatic heterocycles. The van der Waals surface area contributed by atoms with Crippen molar-refractivity contribution in [2.24, 2.45) is 0 Å². The van der Waals surface area contributed by atoms with Gasteiger partial charge in [-0.1, -0.05) is 127 Å². The van der Waals surface area contributed by atoms with Crippen LogP contribution in [-0.4, -0.2) is 5.11 Å². The largest absolute Gasteiger partial charge is 0.508 e. The van der Waals surface area contributed by atoms with E-state index < -0.39 is 0 Å². The molecule has 0 atom stereocenters. The van der Waals surface area contributed by atoms with Gasteiger partial charge in [0.2, 0.25) is 0 Å². The van der Waals surface area contributed by atoms with E-state index in [2.05, 4.69) is 101 Å². The lowest BCUT2D eigenvalue weighted by atomic mass is 9.66. The summed E-state index contributed by atoms with van der Waals surface area (Å²) in [6.45, 7) is 11.5. The molecule has 0 amide bonds. The van der Waals surface area contributed by atoms with Crippen LogP contribution < -0.4 is 0 Å². The van der Waals surface area contributed by atoms with E-state index in [0.717, 1.165) is 18.4 Å². The van der Waals surface area contributed by atoms with E-state index >= 15 is 0 Å². The molecule has 0 saturated heterocycles. The molecule has 32 heavy (non-hydrogen) atoms. The number of phenolic OH excluding ortho intramolecular Hbond substituents is 1. The molecule has 1 nitrogen and oxygen atoms in total. The summed E-state index contributed by atoms with van der Waals surface area (Å²) in [7, 11) is 0. The van der Waals surface area contributed by atoms with E-state index in [1.165, 1.54) is 47.9 Å². The molecule has 3 aromatic rings. The van der Waals surface area contributed by atoms with Crippen LogP contribution in [-0.2, 0) is 17.3 Å². The Bertz CT molecular complexity index is 984. The van der Waals surface area contributed by atoms with Crippen molar-refractivity contribution in [2.45, 2.75) is 84.0 Å². The van der Waals surface area contributed by atoms with Gasteiger partial charge in [-0.15, -0.1) is 0 Å². The molecule has 0 fully saturated rings. The molecule has 3 rings (SSSR count). The highest BCUT2D eigenvalue weighted by Crippen LogP contribution is 2.45. The molecule has 1 N–H and O–H groups in total. The molecule has 1 heteroatoms. The Kier molecular flexibility index (Phi) is 7.82. The van der Waals surface area contributed by atoms with Gasteiger partial charge in [-0.25, -0.2) is 0 Å². The van der Waals surface area contributed by atoms with Crippen molar-refractivity contribution in [3.63, 3.8) is 0 Å². The Morgan fingerprint density at radius 3 is 1.72 bits per heavy atom. The number of benzene rings is 3. The van der Waals surface area contributed by atoms with Gasteiger partial charge in [0.25, 0.3) is 0 Å². The molecule has 3 aromatic carbocycles. The lowest BCUT2D eigenvalue weighted by molar-refractivity contribution is 0.458. The van der Waals surface area contributed by atoms with E-state index in [1.54, 1.807) is 0 Å². The molecule has 0 unspecified atom stereocenters. The lowest BCUT2D eigenvalue weighted by Crippen LogP contribution is -2.29. The summed E-state index contributed by atoms with van der Waals surface area (Å²) in [5.41, 5.74) is 5.89. The maximum Gasteiger partial charge on any atom is 0.119 e. The van der Waals surface area contributed by atoms with Crippen LogP contribution in [0.2, 0.25) is 0 Å². The molecule has 0 aliphatic rings. The Morgan fingerprint density at radius 1 is 0.625 bits per heavy atom. The Labute approximate surface area is 195 Å². The highest BCUT2D eigenvalue weighted by Gasteiger charge is 2.35. The van der Waals surface area contributed by atoms with Gasteiger partial charge in [-0.2, -0.15) is 0 Å². The first-order chi connectivity index (χ1) is 15.3. The number of unbranched alkanes of at least 4 members (excludes halogenated alkanes) is 4. The predicted molar refractivity (Wildman–Crippen MR) is 138 cm³/mol. The van der Waals surface area contributed by atoms with E-state index in [9.17, 15) is 5.11 Å². The van der Waals surface area contributed by atoms with Crippen LogP contribution in [0.4, 0.5) is 0 Å². The van der Waals surface area contributed by atoms with Crippen LogP contribution in [0.5, 0.6) is 5.75 Å². The molecular formula is C31H40O. The number of hydrogen-bond donors (Lipinski definition) is 1. The molecule has 0 bridgehead atoms. The highest BCUT2D eigenvalue weighted by atomic mass is 16.3. The first kappa shape index (κ1) is 24.1. The van der Waals surface area contributed by atoms with E-state index in [4.69, 9.17) is 0 Å². The van der Waals surface area contributed by atoms with Crippen LogP contribution in [0.3, 0.4) is 0 Å². The molecule has 0 spiro atoms. The summed E-state index contributed by atoms with van der Waals surface area (Å²) < 4.78 is 0. The summed E-state index contributed by atoms with van der Waals surface area (Å²) in [4.78, 5) is 0. The van der Waals surface area contributed by atoms with Gasteiger partial charge in [0, 0.05) is 10.8 Å². The summed E-state index contributed by atoms with van der Waals surface area (Å²) >= 11 is 0. The first-order valence-corrected chi connectivity index (χ1v) is 12.3. The fourth-order valence-corrected chi connectivity index (χ4v) is 5.04. The van der Waals surface area contributed by atoms with Crippen LogP contribution in [0, 0.1) is 0 Å². The number of hydrogen-bond acceptors (Lipinski definition) is 1. The average Bonchev–Trinajstić information content (AvgIpc) is 2.80. The SMILES string of the molecule is CCCCCCCc1c(O)ccc(C(C)(C)c2ccccc2)c1C(C)(C)c1ccccc1. The zero-order valence-corrected chi connectivity index (χ0v) is 20.6. The first-order valence-electron chi connectivity index (χ1n) is 12.3. The maximum atomic E-state index is 11.1. The normalized spacial score (nSPS) is 12.2. The predicted octanol–water partition coefficient (Wildman–Crippen LogP) is 8.56. The van der Waals surface area contributed by atoms with Crippen molar-refractivity contribution < 1.29 is 5.11 Å². The highest BCUT2D eigenvalue weighted by molar-refractivity contribution is 5.56. The number of rotatable bonds is 10. The summed E-state index contributed by atoms with van der Waals surface area (Å²) in [6.07, 6.45) is 7.04. The van der Waals surface area contributed by atoms with E-state index in [-0.39, 0.29) is 10.8 Å². The minimum Gasteiger partial charge on any atom is -0.508 e. The third kappa shape index (κ3) is 5.09. The third-order valence-corrected chi connectivity index (χ3v) is 7.11. The minimum atomic E-state index is -0.222. The second-order valence-electron chi connectivity index (χ2n) is 10.1. The van der Waals surface area contributed by atoms with Gasteiger partial charge in [0.15, 0.2) is 0 Å². The van der Waals surface area contributed by atoms with E-state index in [1.807, 2.05) is 6.07 Å². The van der Waals surface area contributed by atoms with Gasteiger partial charge in [0.05, 0.1) is 0 Å². The molecule has 0 radical (unpaired) electrons. The monoisotopic (exact) mass is 428 g/mol. The third-order valence-electron chi connectivity index (χ3n) is 7.11. The van der Waals surface area contributed by atoms with Gasteiger partial charge < -0.3 is 5.11 Å². The van der Waals surface area contributed by atoms with Gasteiger partial charge in [0.1, 0.15) is 5.75 Å². The van der Waals surface area contributed by atoms with Crippen molar-refractivity contribution in [3.05, 3.63) is 101 Å². The summed E-state index contributed by atoms with van der Waals surface area (Å²) in [5, 5.41) is 11.1. The molecule has 170 valence electrons. The Morgan fingerprint density at radius 2 is 1.16 bits per heavy atom. The second-order valence-corrected chi connectivity index (χ2v) is 10.1. The van der Waals surface area contributed by atoms with E-state index in [0.29, 0.717) is 5.75 Å². The maximum absolute atomic E-state index is 11.1. The summed E-state index contributed by atoms with van der Waals surface area (Å²) in [5.74, 6) is 0.437. The second kappa shape index (κ2) is 10.4. The molecule has 0 saturated carbocycles. The van der Waals surface area contributed by atoms with Gasteiger partial charge in [-0.3, -0.25) is 0 Å². The average molecular weight is 429 g/mol. The summed E-state index contributed by atoms with van der Waals surface area (Å²) in [6, 6.07) is 25.6. The molecule has 0 aliphatic carbocycles. The Hall–Kier alpha value is -2.54. The molecular weight excluding hydrogens is 388 g/mol. The van der Waals surface area contributed by atoms with Crippen LogP contribution in [0.1, 0.15) is 94.5 Å². The van der Waals surface area contributed by atoms with Crippen molar-refractivity contribution in [3.8, 4) is 5.75 Å². The molecule has 0 heterocycles. The van der Waals surface area contributed by atoms with Gasteiger partial charge in [-0.05, 0) is 46.7 Å². The molecule has 0 aliphatic heterocycles. The topological polar surface area (TPSA) is 20.2 Å².